The predicted octanol–water partition coefficient (Wildman–Crippen LogP) is 2.95. The summed E-state index contributed by atoms with van der Waals surface area (Å²) in [5.41, 5.74) is -2.08. The van der Waals surface area contributed by atoms with Gasteiger partial charge >= 0.3 is 0 Å². The minimum absolute atomic E-state index is 0.393. The molecule has 5 heterocycles. The summed E-state index contributed by atoms with van der Waals surface area (Å²) in [6.07, 6.45) is 12.9. The first-order valence-corrected chi connectivity index (χ1v) is 10.8. The van der Waals surface area contributed by atoms with Crippen molar-refractivity contribution in [3.8, 4) is 0 Å². The first-order valence-electron chi connectivity index (χ1n) is 10.8. The fraction of sp³-hybridized carbons (Fsp3) is 0.952. The van der Waals surface area contributed by atoms with Crippen LogP contribution in [0.5, 0.6) is 0 Å². The Morgan fingerprint density at radius 3 is 1.15 bits per heavy atom. The summed E-state index contributed by atoms with van der Waals surface area (Å²) in [4.78, 5) is 0. The van der Waals surface area contributed by atoms with Crippen molar-refractivity contribution in [3.05, 3.63) is 6.42 Å². The van der Waals surface area contributed by atoms with Gasteiger partial charge in [0.1, 0.15) is 28.0 Å². The van der Waals surface area contributed by atoms with Crippen LogP contribution in [0.2, 0.25) is 0 Å². The largest absolute Gasteiger partial charge is 0.371 e. The van der Waals surface area contributed by atoms with Gasteiger partial charge in [0, 0.05) is 39.5 Å². The van der Waals surface area contributed by atoms with Crippen LogP contribution >= 0.6 is 0 Å². The molecule has 5 nitrogen and oxygen atoms in total. The molecule has 5 saturated heterocycles. The van der Waals surface area contributed by atoms with Crippen LogP contribution in [0, 0.1) is 6.42 Å². The number of hydrogen-bond donors (Lipinski definition) is 0. The monoisotopic (exact) mass is 363 g/mol. The molecule has 145 valence electrons. The van der Waals surface area contributed by atoms with Crippen LogP contribution in [0.25, 0.3) is 0 Å². The van der Waals surface area contributed by atoms with Crippen LogP contribution in [-0.2, 0) is 23.7 Å². The third-order valence-electron chi connectivity index (χ3n) is 8.31. The summed E-state index contributed by atoms with van der Waals surface area (Å²) in [5.74, 6) is 0. The maximum absolute atomic E-state index is 6.80. The van der Waals surface area contributed by atoms with Gasteiger partial charge in [-0.1, -0.05) is 0 Å². The average molecular weight is 363 g/mol. The molecular formula is C21H31O5. The van der Waals surface area contributed by atoms with Gasteiger partial charge in [-0.3, -0.25) is 0 Å². The predicted molar refractivity (Wildman–Crippen MR) is 93.9 cm³/mol. The molecule has 6 aliphatic rings. The lowest BCUT2D eigenvalue weighted by Crippen LogP contribution is -2.85. The molecule has 0 bridgehead atoms. The molecule has 0 aromatic heterocycles. The molecule has 6 fully saturated rings. The number of rotatable bonds is 0. The Morgan fingerprint density at radius 2 is 0.808 bits per heavy atom. The van der Waals surface area contributed by atoms with Crippen LogP contribution in [-0.4, -0.2) is 61.0 Å². The zero-order valence-electron chi connectivity index (χ0n) is 15.7. The second-order valence-corrected chi connectivity index (χ2v) is 9.16. The third kappa shape index (κ3) is 1.64. The van der Waals surface area contributed by atoms with Crippen molar-refractivity contribution in [3.63, 3.8) is 0 Å². The lowest BCUT2D eigenvalue weighted by Gasteiger charge is -2.69. The van der Waals surface area contributed by atoms with E-state index in [1.165, 1.54) is 0 Å². The molecule has 0 amide bonds. The number of hydrogen-bond acceptors (Lipinski definition) is 5. The van der Waals surface area contributed by atoms with E-state index in [4.69, 9.17) is 23.7 Å². The zero-order valence-corrected chi connectivity index (χ0v) is 15.7. The molecule has 0 aromatic carbocycles. The second-order valence-electron chi connectivity index (χ2n) is 9.16. The topological polar surface area (TPSA) is 46.2 Å². The molecule has 26 heavy (non-hydrogen) atoms. The quantitative estimate of drug-likeness (QED) is 0.662. The minimum atomic E-state index is -0.448. The van der Waals surface area contributed by atoms with Gasteiger partial charge < -0.3 is 23.7 Å². The summed E-state index contributed by atoms with van der Waals surface area (Å²) in [5, 5.41) is 0. The molecule has 1 radical (unpaired) electrons. The average Bonchev–Trinajstić information content (AvgIpc) is 3.44. The summed E-state index contributed by atoms with van der Waals surface area (Å²) in [7, 11) is 0. The standard InChI is InChI=1S/C21H31O5/c1-6-17(22-11-1)16-18(7-2-12-23-18)20(9-4-14-25-20)21(10-5-15-26-21)19(17)8-3-13-24-19/h16H,1-15H2/t17-,18-,19-,20+,21?/m0/s1. The first kappa shape index (κ1) is 16.7. The summed E-state index contributed by atoms with van der Waals surface area (Å²) < 4.78 is 33.5. The molecule has 0 N–H and O–H groups in total. The van der Waals surface area contributed by atoms with E-state index >= 15 is 0 Å². The molecule has 1 aliphatic carbocycles. The highest BCUT2D eigenvalue weighted by Crippen LogP contribution is 2.70. The normalized spacial score (nSPS) is 56.3. The third-order valence-corrected chi connectivity index (χ3v) is 8.31. The van der Waals surface area contributed by atoms with Crippen LogP contribution in [0.4, 0.5) is 0 Å². The van der Waals surface area contributed by atoms with Crippen molar-refractivity contribution in [2.75, 3.05) is 33.0 Å². The van der Waals surface area contributed by atoms with E-state index < -0.39 is 28.0 Å². The Labute approximate surface area is 156 Å². The van der Waals surface area contributed by atoms with E-state index in [9.17, 15) is 0 Å². The molecule has 5 spiro atoms. The van der Waals surface area contributed by atoms with Crippen molar-refractivity contribution in [2.45, 2.75) is 92.2 Å². The van der Waals surface area contributed by atoms with Gasteiger partial charge in [0.25, 0.3) is 0 Å². The summed E-state index contributed by atoms with van der Waals surface area (Å²) in [6.45, 7) is 4.01. The first-order chi connectivity index (χ1) is 12.7. The van der Waals surface area contributed by atoms with E-state index in [2.05, 4.69) is 6.42 Å². The van der Waals surface area contributed by atoms with Crippen molar-refractivity contribution in [1.82, 2.24) is 0 Å². The number of ether oxygens (including phenoxy) is 5. The Bertz CT molecular complexity index is 513. The van der Waals surface area contributed by atoms with E-state index in [0.717, 1.165) is 97.2 Å². The van der Waals surface area contributed by atoms with Crippen LogP contribution in [0.15, 0.2) is 0 Å². The fourth-order valence-corrected chi connectivity index (χ4v) is 7.67. The Hall–Kier alpha value is -0.200. The van der Waals surface area contributed by atoms with Crippen LogP contribution < -0.4 is 0 Å². The molecule has 0 aromatic rings. The molecular weight excluding hydrogens is 332 g/mol. The molecule has 5 aliphatic heterocycles. The Morgan fingerprint density at radius 1 is 0.423 bits per heavy atom. The molecule has 1 saturated carbocycles. The maximum Gasteiger partial charge on any atom is 0.132 e. The highest BCUT2D eigenvalue weighted by Gasteiger charge is 2.85. The Balaban J connectivity index is 1.61. The summed E-state index contributed by atoms with van der Waals surface area (Å²) >= 11 is 0. The van der Waals surface area contributed by atoms with Crippen LogP contribution in [0.1, 0.15) is 64.2 Å². The second kappa shape index (κ2) is 5.44. The van der Waals surface area contributed by atoms with Gasteiger partial charge in [-0.15, -0.1) is 0 Å². The van der Waals surface area contributed by atoms with Crippen molar-refractivity contribution < 1.29 is 23.7 Å². The summed E-state index contributed by atoms with van der Waals surface area (Å²) in [6, 6.07) is 0. The zero-order chi connectivity index (χ0) is 17.3. The van der Waals surface area contributed by atoms with Crippen molar-refractivity contribution in [2.24, 2.45) is 0 Å². The van der Waals surface area contributed by atoms with Crippen molar-refractivity contribution >= 4 is 0 Å². The van der Waals surface area contributed by atoms with E-state index in [1.807, 2.05) is 0 Å². The van der Waals surface area contributed by atoms with Gasteiger partial charge in [0.15, 0.2) is 0 Å². The maximum atomic E-state index is 6.80. The lowest BCUT2D eigenvalue weighted by molar-refractivity contribution is -0.359. The van der Waals surface area contributed by atoms with E-state index in [0.29, 0.717) is 0 Å². The van der Waals surface area contributed by atoms with Gasteiger partial charge in [-0.2, -0.15) is 0 Å². The van der Waals surface area contributed by atoms with E-state index in [-0.39, 0.29) is 0 Å². The smallest absolute Gasteiger partial charge is 0.132 e. The van der Waals surface area contributed by atoms with Gasteiger partial charge in [-0.05, 0) is 64.2 Å². The Kier molecular flexibility index (Phi) is 3.50. The highest BCUT2D eigenvalue weighted by atomic mass is 16.6. The lowest BCUT2D eigenvalue weighted by atomic mass is 9.47. The van der Waals surface area contributed by atoms with Gasteiger partial charge in [0.05, 0.1) is 0 Å². The van der Waals surface area contributed by atoms with Gasteiger partial charge in [0.2, 0.25) is 0 Å². The number of fused-ring (bicyclic) bond motifs is 4. The van der Waals surface area contributed by atoms with Crippen LogP contribution in [0.3, 0.4) is 0 Å². The SMILES string of the molecule is [CH]1[C@@]2(CCCO2)[C@]2(CCCO2)C2(CCCO2)[C@]2(CCCO2)[C@]12CCCO2. The van der Waals surface area contributed by atoms with Crippen molar-refractivity contribution in [1.29, 1.82) is 0 Å². The molecule has 5 atom stereocenters. The van der Waals surface area contributed by atoms with E-state index in [1.54, 1.807) is 0 Å². The molecule has 5 heteroatoms. The minimum Gasteiger partial charge on any atom is -0.371 e. The molecule has 1 unspecified atom stereocenters. The molecule has 6 rings (SSSR count). The van der Waals surface area contributed by atoms with Gasteiger partial charge in [-0.25, -0.2) is 0 Å². The fourth-order valence-electron chi connectivity index (χ4n) is 7.67. The highest BCUT2D eigenvalue weighted by molar-refractivity contribution is 5.41.